The average molecular weight is 725 g/mol. The lowest BCUT2D eigenvalue weighted by molar-refractivity contribution is -0.736. The number of amides is 2. The fraction of sp³-hybridized carbons (Fsp3) is 0.643. The average Bonchev–Trinajstić information content (AvgIpc) is 3.16. The molecule has 0 saturated carbocycles. The SMILES string of the molecule is CC1CCN(C)CC1.CCC(C)C=O.CCCCCCC.CN1CCC(N2Cc3ccccc3NC2=O)CC1.CO[N+](=O)c1cccc(C(C)=O)c1. The Hall–Kier alpha value is -3.63. The van der Waals surface area contributed by atoms with Gasteiger partial charge in [0.05, 0.1) is 4.91 Å². The summed E-state index contributed by atoms with van der Waals surface area (Å²) in [6, 6.07) is 14.8. The Kier molecular flexibility index (Phi) is 24.1. The van der Waals surface area contributed by atoms with Gasteiger partial charge in [0.25, 0.3) is 4.92 Å². The molecule has 5 rings (SSSR count). The maximum atomic E-state index is 12.1. The number of urea groups is 1. The first kappa shape index (κ1) is 46.4. The third-order valence-electron chi connectivity index (χ3n) is 9.71. The minimum Gasteiger partial charge on any atom is -0.317 e. The molecule has 0 bridgehead atoms. The molecule has 3 heterocycles. The summed E-state index contributed by atoms with van der Waals surface area (Å²) in [5.41, 5.74) is 2.99. The second-order valence-corrected chi connectivity index (χ2v) is 14.4. The van der Waals surface area contributed by atoms with E-state index in [0.717, 1.165) is 56.8 Å². The Morgan fingerprint density at radius 3 is 1.98 bits per heavy atom. The van der Waals surface area contributed by atoms with Gasteiger partial charge < -0.3 is 24.8 Å². The van der Waals surface area contributed by atoms with E-state index in [2.05, 4.69) is 60.9 Å². The van der Waals surface area contributed by atoms with E-state index in [1.54, 1.807) is 18.2 Å². The van der Waals surface area contributed by atoms with Crippen molar-refractivity contribution in [3.63, 3.8) is 0 Å². The van der Waals surface area contributed by atoms with Crippen LogP contribution >= 0.6 is 0 Å². The summed E-state index contributed by atoms with van der Waals surface area (Å²) in [5, 5.41) is 2.99. The van der Waals surface area contributed by atoms with Crippen LogP contribution in [0.3, 0.4) is 0 Å². The first-order chi connectivity index (χ1) is 24.9. The van der Waals surface area contributed by atoms with Gasteiger partial charge in [-0.2, -0.15) is 0 Å². The molecule has 2 saturated heterocycles. The summed E-state index contributed by atoms with van der Waals surface area (Å²) in [6.07, 6.45) is 13.9. The predicted molar refractivity (Wildman–Crippen MR) is 214 cm³/mol. The monoisotopic (exact) mass is 725 g/mol. The van der Waals surface area contributed by atoms with Crippen LogP contribution in [0.4, 0.5) is 16.2 Å². The molecule has 52 heavy (non-hydrogen) atoms. The minimum absolute atomic E-state index is 0.0586. The van der Waals surface area contributed by atoms with Crippen LogP contribution in [-0.2, 0) is 16.2 Å². The van der Waals surface area contributed by atoms with Gasteiger partial charge in [0.2, 0.25) is 0 Å². The normalized spacial score (nSPS) is 16.7. The molecule has 1 atom stereocenters. The third-order valence-corrected chi connectivity index (χ3v) is 9.71. The van der Waals surface area contributed by atoms with Crippen LogP contribution in [0.5, 0.6) is 0 Å². The molecule has 0 aromatic heterocycles. The number of nitrogens with zero attached hydrogens (tertiary/aromatic N) is 4. The fourth-order valence-corrected chi connectivity index (χ4v) is 5.68. The van der Waals surface area contributed by atoms with Crippen molar-refractivity contribution < 1.29 is 24.1 Å². The second kappa shape index (κ2) is 27.0. The van der Waals surface area contributed by atoms with Crippen molar-refractivity contribution in [2.75, 3.05) is 52.7 Å². The molecule has 1 unspecified atom stereocenters. The quantitative estimate of drug-likeness (QED) is 0.113. The predicted octanol–water partition coefficient (Wildman–Crippen LogP) is 9.55. The van der Waals surface area contributed by atoms with Gasteiger partial charge in [0, 0.05) is 41.9 Å². The molecular weight excluding hydrogens is 654 g/mol. The lowest BCUT2D eigenvalue weighted by Crippen LogP contribution is -2.49. The summed E-state index contributed by atoms with van der Waals surface area (Å²) >= 11 is 0. The highest BCUT2D eigenvalue weighted by Crippen LogP contribution is 2.27. The topological polar surface area (TPSA) is 102 Å². The molecule has 2 fully saturated rings. The van der Waals surface area contributed by atoms with Gasteiger partial charge in [-0.1, -0.05) is 97.1 Å². The van der Waals surface area contributed by atoms with E-state index in [4.69, 9.17) is 0 Å². The van der Waals surface area contributed by atoms with Crippen LogP contribution < -0.4 is 5.32 Å². The lowest BCUT2D eigenvalue weighted by Gasteiger charge is -2.39. The second-order valence-electron chi connectivity index (χ2n) is 14.4. The maximum Gasteiger partial charge on any atom is 0.322 e. The lowest BCUT2D eigenvalue weighted by atomic mass is 10.00. The van der Waals surface area contributed by atoms with Crippen molar-refractivity contribution in [1.29, 1.82) is 0 Å². The van der Waals surface area contributed by atoms with Gasteiger partial charge in [0.15, 0.2) is 12.9 Å². The molecule has 10 nitrogen and oxygen atoms in total. The van der Waals surface area contributed by atoms with E-state index < -0.39 is 0 Å². The number of aldehydes is 1. The largest absolute Gasteiger partial charge is 0.322 e. The Morgan fingerprint density at radius 2 is 1.50 bits per heavy atom. The highest BCUT2D eigenvalue weighted by molar-refractivity contribution is 5.94. The third kappa shape index (κ3) is 18.7. The zero-order valence-corrected chi connectivity index (χ0v) is 33.9. The first-order valence-corrected chi connectivity index (χ1v) is 19.5. The Labute approximate surface area is 315 Å². The van der Waals surface area contributed by atoms with Crippen LogP contribution in [0.1, 0.15) is 122 Å². The number of anilines is 1. The molecule has 0 aliphatic carbocycles. The molecule has 2 aromatic carbocycles. The number of piperidine rings is 2. The molecule has 2 amide bonds. The highest BCUT2D eigenvalue weighted by atomic mass is 16.8. The Bertz CT molecular complexity index is 1290. The highest BCUT2D eigenvalue weighted by Gasteiger charge is 2.30. The number of para-hydroxylation sites is 1. The zero-order valence-electron chi connectivity index (χ0n) is 33.9. The van der Waals surface area contributed by atoms with Crippen LogP contribution in [-0.4, -0.2) is 91.1 Å². The molecule has 0 radical (unpaired) electrons. The summed E-state index contributed by atoms with van der Waals surface area (Å²) in [4.78, 5) is 55.3. The minimum atomic E-state index is -0.0775. The number of benzene rings is 2. The van der Waals surface area contributed by atoms with Crippen LogP contribution in [0.2, 0.25) is 0 Å². The van der Waals surface area contributed by atoms with Gasteiger partial charge in [-0.25, -0.2) is 9.63 Å². The first-order valence-electron chi connectivity index (χ1n) is 19.5. The molecular formula is C42H70N5O5+. The molecule has 3 aliphatic rings. The number of hydrogen-bond acceptors (Lipinski definition) is 7. The van der Waals surface area contributed by atoms with Crippen molar-refractivity contribution in [1.82, 2.24) is 14.7 Å². The van der Waals surface area contributed by atoms with E-state index in [1.165, 1.54) is 83.7 Å². The number of likely N-dealkylation sites (tertiary alicyclic amines) is 2. The summed E-state index contributed by atoms with van der Waals surface area (Å²) in [7, 11) is 5.61. The van der Waals surface area contributed by atoms with Crippen molar-refractivity contribution in [2.24, 2.45) is 11.8 Å². The van der Waals surface area contributed by atoms with Gasteiger partial charge in [0.1, 0.15) is 6.29 Å². The summed E-state index contributed by atoms with van der Waals surface area (Å²) in [5.74, 6) is 1.16. The number of unbranched alkanes of at least 4 members (excludes halogenated alkanes) is 4. The van der Waals surface area contributed by atoms with Crippen molar-refractivity contribution >= 4 is 29.5 Å². The van der Waals surface area contributed by atoms with E-state index >= 15 is 0 Å². The van der Waals surface area contributed by atoms with Crippen LogP contribution in [0, 0.1) is 16.7 Å². The summed E-state index contributed by atoms with van der Waals surface area (Å²) in [6.45, 7) is 17.7. The molecule has 292 valence electrons. The molecule has 0 spiro atoms. The van der Waals surface area contributed by atoms with Crippen LogP contribution in [0.15, 0.2) is 48.5 Å². The summed E-state index contributed by atoms with van der Waals surface area (Å²) < 4.78 is 0. The molecule has 1 N–H and O–H groups in total. The molecule has 2 aromatic rings. The zero-order chi connectivity index (χ0) is 38.9. The number of carbonyl (C=O) groups excluding carboxylic acids is 3. The fourth-order valence-electron chi connectivity index (χ4n) is 5.68. The van der Waals surface area contributed by atoms with E-state index in [9.17, 15) is 19.3 Å². The maximum absolute atomic E-state index is 12.1. The Morgan fingerprint density at radius 1 is 0.923 bits per heavy atom. The van der Waals surface area contributed by atoms with Crippen LogP contribution in [0.25, 0.3) is 0 Å². The van der Waals surface area contributed by atoms with E-state index in [-0.39, 0.29) is 17.7 Å². The van der Waals surface area contributed by atoms with E-state index in [1.807, 2.05) is 36.9 Å². The van der Waals surface area contributed by atoms with Gasteiger partial charge in [-0.15, -0.1) is 0 Å². The smallest absolute Gasteiger partial charge is 0.317 e. The number of nitrogens with one attached hydrogen (secondary N) is 1. The van der Waals surface area contributed by atoms with Crippen molar-refractivity contribution in [3.05, 3.63) is 64.6 Å². The number of Topliss-reactive ketones (excluding diaryl/α,β-unsaturated/α-hetero) is 1. The van der Waals surface area contributed by atoms with Gasteiger partial charge in [-0.3, -0.25) is 4.79 Å². The van der Waals surface area contributed by atoms with Crippen molar-refractivity contribution in [2.45, 2.75) is 118 Å². The number of rotatable bonds is 10. The number of ketones is 1. The van der Waals surface area contributed by atoms with Crippen molar-refractivity contribution in [3.8, 4) is 0 Å². The standard InChI is InChI=1S/C14H19N3O.C9H10NO3.C7H15N.C7H16.C5H10O/c1-16-8-6-12(7-9-16)17-10-11-4-2-3-5-13(11)15-14(17)18;1-7(11)8-4-3-5-9(6-8)10(12)13-2;1-7-3-5-8(2)6-4-7;1-3-5-7-6-4-2;1-3-5(2)4-6/h2-5,12H,6-10H2,1H3,(H,15,18);3-6H,1-2H3;7H,3-6H2,1-2H3;3-7H2,1-2H3;4-5H,3H2,1-2H3/q;+1;;;. The van der Waals surface area contributed by atoms with E-state index in [0.29, 0.717) is 22.2 Å². The number of fused-ring (bicyclic) bond motifs is 1. The Balaban J connectivity index is 0.000000350. The van der Waals surface area contributed by atoms with Gasteiger partial charge >= 0.3 is 11.7 Å². The number of hydrogen-bond donors (Lipinski definition) is 1. The van der Waals surface area contributed by atoms with Gasteiger partial charge in [-0.05, 0) is 96.8 Å². The molecule has 10 heteroatoms. The number of carbonyl (C=O) groups is 3. The molecule has 3 aliphatic heterocycles.